The highest BCUT2D eigenvalue weighted by molar-refractivity contribution is 7.09. The van der Waals surface area contributed by atoms with E-state index in [2.05, 4.69) is 16.8 Å². The zero-order chi connectivity index (χ0) is 12.1. The second kappa shape index (κ2) is 6.17. The van der Waals surface area contributed by atoms with E-state index in [0.29, 0.717) is 6.54 Å². The van der Waals surface area contributed by atoms with E-state index < -0.39 is 0 Å². The van der Waals surface area contributed by atoms with Gasteiger partial charge in [-0.25, -0.2) is 0 Å². The molecule has 1 amide bonds. The molecule has 1 aliphatic rings. The van der Waals surface area contributed by atoms with Gasteiger partial charge in [-0.3, -0.25) is 4.79 Å². The van der Waals surface area contributed by atoms with Crippen molar-refractivity contribution >= 4 is 17.2 Å². The third kappa shape index (κ3) is 4.13. The molecule has 1 aromatic rings. The van der Waals surface area contributed by atoms with Crippen LogP contribution in [0.25, 0.3) is 0 Å². The first-order valence-corrected chi connectivity index (χ1v) is 7.18. The van der Waals surface area contributed by atoms with Crippen LogP contribution in [0, 0.1) is 5.92 Å². The van der Waals surface area contributed by atoms with Gasteiger partial charge in [-0.1, -0.05) is 6.07 Å². The number of hydrogen-bond acceptors (Lipinski definition) is 3. The van der Waals surface area contributed by atoms with Crippen LogP contribution in [0.4, 0.5) is 0 Å². The van der Waals surface area contributed by atoms with Gasteiger partial charge in [0.25, 0.3) is 0 Å². The summed E-state index contributed by atoms with van der Waals surface area (Å²) in [6.07, 6.45) is 2.65. The van der Waals surface area contributed by atoms with E-state index in [9.17, 15) is 4.79 Å². The molecule has 0 aromatic carbocycles. The third-order valence-electron chi connectivity index (χ3n) is 3.07. The van der Waals surface area contributed by atoms with Crippen LogP contribution in [0.15, 0.2) is 17.5 Å². The van der Waals surface area contributed by atoms with Gasteiger partial charge in [-0.15, -0.1) is 11.3 Å². The lowest BCUT2D eigenvalue weighted by Crippen LogP contribution is -2.38. The summed E-state index contributed by atoms with van der Waals surface area (Å²) < 4.78 is 0. The lowest BCUT2D eigenvalue weighted by Gasteiger charge is -2.20. The number of amides is 1. The molecular formula is C13H20N2OS. The zero-order valence-corrected chi connectivity index (χ0v) is 11.1. The average molecular weight is 252 g/mol. The fraction of sp³-hybridized carbons (Fsp3) is 0.615. The predicted octanol–water partition coefficient (Wildman–Crippen LogP) is 2.10. The molecule has 3 nitrogen and oxygen atoms in total. The number of thiophene rings is 1. The van der Waals surface area contributed by atoms with Crippen molar-refractivity contribution in [2.24, 2.45) is 5.92 Å². The fourth-order valence-electron chi connectivity index (χ4n) is 1.78. The van der Waals surface area contributed by atoms with Gasteiger partial charge in [0.15, 0.2) is 0 Å². The summed E-state index contributed by atoms with van der Waals surface area (Å²) in [5.74, 6) is 1.04. The highest BCUT2D eigenvalue weighted by Gasteiger charge is 2.21. The monoisotopic (exact) mass is 252 g/mol. The van der Waals surface area contributed by atoms with Gasteiger partial charge >= 0.3 is 0 Å². The Morgan fingerprint density at radius 3 is 3.00 bits per heavy atom. The van der Waals surface area contributed by atoms with E-state index in [-0.39, 0.29) is 5.91 Å². The maximum absolute atomic E-state index is 12.0. The van der Waals surface area contributed by atoms with Crippen LogP contribution in [0.1, 0.15) is 24.6 Å². The van der Waals surface area contributed by atoms with Crippen molar-refractivity contribution < 1.29 is 4.79 Å². The minimum Gasteiger partial charge on any atom is -0.337 e. The number of nitrogens with one attached hydrogen (secondary N) is 1. The summed E-state index contributed by atoms with van der Waals surface area (Å²) in [5, 5.41) is 5.31. The van der Waals surface area contributed by atoms with Crippen LogP contribution >= 0.6 is 11.3 Å². The fourth-order valence-corrected chi connectivity index (χ4v) is 2.50. The smallest absolute Gasteiger partial charge is 0.236 e. The Morgan fingerprint density at radius 1 is 1.59 bits per heavy atom. The van der Waals surface area contributed by atoms with Crippen molar-refractivity contribution in [2.45, 2.75) is 26.3 Å². The molecule has 2 rings (SSSR count). The van der Waals surface area contributed by atoms with Crippen LogP contribution < -0.4 is 5.32 Å². The van der Waals surface area contributed by atoms with E-state index in [4.69, 9.17) is 0 Å². The molecule has 0 atom stereocenters. The van der Waals surface area contributed by atoms with Gasteiger partial charge in [0.2, 0.25) is 5.91 Å². The summed E-state index contributed by atoms with van der Waals surface area (Å²) in [7, 11) is 0. The second-order valence-electron chi connectivity index (χ2n) is 4.56. The Balaban J connectivity index is 1.73. The minimum atomic E-state index is 0.210. The van der Waals surface area contributed by atoms with Gasteiger partial charge in [0, 0.05) is 11.4 Å². The summed E-state index contributed by atoms with van der Waals surface area (Å²) in [4.78, 5) is 15.1. The molecule has 0 aliphatic heterocycles. The first kappa shape index (κ1) is 12.6. The van der Waals surface area contributed by atoms with Crippen LogP contribution in [0.2, 0.25) is 0 Å². The molecule has 1 heterocycles. The second-order valence-corrected chi connectivity index (χ2v) is 5.59. The van der Waals surface area contributed by atoms with Crippen LogP contribution in [-0.2, 0) is 11.3 Å². The maximum atomic E-state index is 12.0. The summed E-state index contributed by atoms with van der Waals surface area (Å²) in [6, 6.07) is 4.11. The lowest BCUT2D eigenvalue weighted by molar-refractivity contribution is -0.130. The molecule has 1 fully saturated rings. The number of rotatable bonds is 7. The Labute approximate surface area is 107 Å². The number of carbonyl (C=O) groups is 1. The van der Waals surface area contributed by atoms with Crippen LogP contribution in [-0.4, -0.2) is 30.4 Å². The van der Waals surface area contributed by atoms with Crippen molar-refractivity contribution in [3.8, 4) is 0 Å². The molecule has 4 heteroatoms. The topological polar surface area (TPSA) is 32.3 Å². The average Bonchev–Trinajstić information content (AvgIpc) is 3.01. The third-order valence-corrected chi connectivity index (χ3v) is 3.93. The Hall–Kier alpha value is -0.870. The largest absolute Gasteiger partial charge is 0.337 e. The van der Waals surface area contributed by atoms with Gasteiger partial charge in [0.05, 0.1) is 13.1 Å². The molecule has 0 radical (unpaired) electrons. The Morgan fingerprint density at radius 2 is 2.41 bits per heavy atom. The zero-order valence-electron chi connectivity index (χ0n) is 10.3. The molecule has 0 saturated heterocycles. The van der Waals surface area contributed by atoms with Crippen molar-refractivity contribution in [3.63, 3.8) is 0 Å². The molecule has 0 unspecified atom stereocenters. The lowest BCUT2D eigenvalue weighted by atomic mass is 10.3. The summed E-state index contributed by atoms with van der Waals surface area (Å²) in [5.41, 5.74) is 0. The predicted molar refractivity (Wildman–Crippen MR) is 71.0 cm³/mol. The van der Waals surface area contributed by atoms with Gasteiger partial charge < -0.3 is 10.2 Å². The number of carbonyl (C=O) groups excluding carboxylic acids is 1. The first-order valence-electron chi connectivity index (χ1n) is 6.30. The van der Waals surface area contributed by atoms with Crippen LogP contribution in [0.3, 0.4) is 0 Å². The highest BCUT2D eigenvalue weighted by Crippen LogP contribution is 2.27. The SMILES string of the molecule is CCN(Cc1cccs1)C(=O)CNCC1CC1. The normalized spacial score (nSPS) is 14.9. The van der Waals surface area contributed by atoms with Gasteiger partial charge in [-0.05, 0) is 43.7 Å². The van der Waals surface area contributed by atoms with Crippen LogP contribution in [0.5, 0.6) is 0 Å². The van der Waals surface area contributed by atoms with Crippen molar-refractivity contribution in [2.75, 3.05) is 19.6 Å². The van der Waals surface area contributed by atoms with Crippen molar-refractivity contribution in [1.82, 2.24) is 10.2 Å². The molecule has 1 saturated carbocycles. The standard InChI is InChI=1S/C13H20N2OS/c1-2-15(10-12-4-3-7-17-12)13(16)9-14-8-11-5-6-11/h3-4,7,11,14H,2,5-6,8-10H2,1H3. The Kier molecular flexibility index (Phi) is 4.57. The van der Waals surface area contributed by atoms with Crippen molar-refractivity contribution in [3.05, 3.63) is 22.4 Å². The molecule has 0 spiro atoms. The van der Waals surface area contributed by atoms with E-state index in [1.54, 1.807) is 11.3 Å². The highest BCUT2D eigenvalue weighted by atomic mass is 32.1. The van der Waals surface area contributed by atoms with E-state index in [0.717, 1.165) is 25.6 Å². The minimum absolute atomic E-state index is 0.210. The molecule has 94 valence electrons. The molecular weight excluding hydrogens is 232 g/mol. The summed E-state index contributed by atoms with van der Waals surface area (Å²) >= 11 is 1.71. The molecule has 1 N–H and O–H groups in total. The van der Waals surface area contributed by atoms with Gasteiger partial charge in [-0.2, -0.15) is 0 Å². The maximum Gasteiger partial charge on any atom is 0.236 e. The van der Waals surface area contributed by atoms with Gasteiger partial charge in [0.1, 0.15) is 0 Å². The number of hydrogen-bond donors (Lipinski definition) is 1. The van der Waals surface area contributed by atoms with E-state index in [1.165, 1.54) is 17.7 Å². The molecule has 1 aromatic heterocycles. The molecule has 1 aliphatic carbocycles. The van der Waals surface area contributed by atoms with Crippen molar-refractivity contribution in [1.29, 1.82) is 0 Å². The number of likely N-dealkylation sites (N-methyl/N-ethyl adjacent to an activating group) is 1. The van der Waals surface area contributed by atoms with E-state index >= 15 is 0 Å². The quantitative estimate of drug-likeness (QED) is 0.806. The summed E-state index contributed by atoms with van der Waals surface area (Å²) in [6.45, 7) is 5.05. The molecule has 0 bridgehead atoms. The Bertz CT molecular complexity index is 346. The molecule has 17 heavy (non-hydrogen) atoms. The van der Waals surface area contributed by atoms with E-state index in [1.807, 2.05) is 17.9 Å². The number of nitrogens with zero attached hydrogens (tertiary/aromatic N) is 1. The first-order chi connectivity index (χ1) is 8.29.